The molecule has 0 aromatic heterocycles. The van der Waals surface area contributed by atoms with E-state index in [9.17, 15) is 4.79 Å². The monoisotopic (exact) mass is 384 g/mol. The molecule has 3 N–H and O–H groups in total. The van der Waals surface area contributed by atoms with Gasteiger partial charge in [-0.1, -0.05) is 12.1 Å². The van der Waals surface area contributed by atoms with Crippen molar-refractivity contribution in [3.05, 3.63) is 29.8 Å². The minimum absolute atomic E-state index is 0. The Morgan fingerprint density at radius 2 is 1.74 bits per heavy atom. The second-order valence-corrected chi connectivity index (χ2v) is 5.49. The van der Waals surface area contributed by atoms with E-state index < -0.39 is 0 Å². The summed E-state index contributed by atoms with van der Waals surface area (Å²) in [5, 5.41) is 2.97. The van der Waals surface area contributed by atoms with Crippen LogP contribution in [-0.2, 0) is 0 Å². The lowest BCUT2D eigenvalue weighted by molar-refractivity contribution is 0.0904. The van der Waals surface area contributed by atoms with Gasteiger partial charge in [0.15, 0.2) is 0 Å². The van der Waals surface area contributed by atoms with Crippen molar-refractivity contribution < 1.29 is 4.79 Å². The number of hydrogen-bond acceptors (Lipinski definition) is 4. The van der Waals surface area contributed by atoms with Crippen LogP contribution in [0.4, 0.5) is 5.69 Å². The highest BCUT2D eigenvalue weighted by Gasteiger charge is 2.19. The predicted molar refractivity (Wildman–Crippen MR) is 103 cm³/mol. The molecule has 5 nitrogen and oxygen atoms in total. The van der Waals surface area contributed by atoms with Crippen molar-refractivity contribution in [2.75, 3.05) is 45.5 Å². The van der Waals surface area contributed by atoms with Gasteiger partial charge in [-0.05, 0) is 26.1 Å². The van der Waals surface area contributed by atoms with Gasteiger partial charge in [0.1, 0.15) is 0 Å². The Balaban J connectivity index is 0. The summed E-state index contributed by atoms with van der Waals surface area (Å²) in [6.45, 7) is 7.09. The maximum absolute atomic E-state index is 12.1. The van der Waals surface area contributed by atoms with Crippen LogP contribution >= 0.6 is 37.2 Å². The number of nitrogens with zero attached hydrogens (tertiary/aromatic N) is 2. The molecule has 1 aromatic carbocycles. The first-order chi connectivity index (χ1) is 9.58. The molecule has 1 aliphatic rings. The average molecular weight is 386 g/mol. The molecule has 0 bridgehead atoms. The topological polar surface area (TPSA) is 61.6 Å². The Morgan fingerprint density at radius 3 is 2.30 bits per heavy atom. The van der Waals surface area contributed by atoms with E-state index in [2.05, 4.69) is 29.1 Å². The van der Waals surface area contributed by atoms with Crippen molar-refractivity contribution >= 4 is 48.8 Å². The van der Waals surface area contributed by atoms with Crippen LogP contribution in [0.5, 0.6) is 0 Å². The van der Waals surface area contributed by atoms with Crippen molar-refractivity contribution in [2.24, 2.45) is 0 Å². The number of rotatable bonds is 4. The molecule has 1 aliphatic heterocycles. The van der Waals surface area contributed by atoms with Gasteiger partial charge < -0.3 is 16.0 Å². The van der Waals surface area contributed by atoms with Gasteiger partial charge in [-0.2, -0.15) is 0 Å². The predicted octanol–water partition coefficient (Wildman–Crippen LogP) is 1.90. The molecule has 0 saturated carbocycles. The van der Waals surface area contributed by atoms with Gasteiger partial charge in [0.25, 0.3) is 5.91 Å². The lowest BCUT2D eigenvalue weighted by Gasteiger charge is -2.36. The van der Waals surface area contributed by atoms with Crippen LogP contribution in [0.25, 0.3) is 0 Å². The van der Waals surface area contributed by atoms with E-state index >= 15 is 0 Å². The zero-order valence-corrected chi connectivity index (χ0v) is 16.0. The van der Waals surface area contributed by atoms with Crippen molar-refractivity contribution in [3.63, 3.8) is 0 Å². The highest BCUT2D eigenvalue weighted by molar-refractivity contribution is 5.99. The average Bonchev–Trinajstić information content (AvgIpc) is 2.45. The van der Waals surface area contributed by atoms with Crippen molar-refractivity contribution in [3.8, 4) is 0 Å². The SMILES string of the molecule is CC(CNC(=O)c1ccccc1N)N1CCN(C)CC1.Cl.Cl.Cl. The smallest absolute Gasteiger partial charge is 0.253 e. The quantitative estimate of drug-likeness (QED) is 0.777. The Labute approximate surface area is 157 Å². The molecule has 8 heteroatoms. The number of nitrogens with one attached hydrogen (secondary N) is 1. The maximum atomic E-state index is 12.1. The number of piperazine rings is 1. The third-order valence-corrected chi connectivity index (χ3v) is 3.92. The normalized spacial score (nSPS) is 16.3. The summed E-state index contributed by atoms with van der Waals surface area (Å²) >= 11 is 0. The summed E-state index contributed by atoms with van der Waals surface area (Å²) in [6.07, 6.45) is 0. The Hall–Kier alpha value is -0.720. The van der Waals surface area contributed by atoms with Crippen LogP contribution in [0, 0.1) is 0 Å². The van der Waals surface area contributed by atoms with E-state index in [1.807, 2.05) is 12.1 Å². The minimum Gasteiger partial charge on any atom is -0.398 e. The Bertz CT molecular complexity index is 468. The molecule has 1 atom stereocenters. The third-order valence-electron chi connectivity index (χ3n) is 3.92. The number of nitrogen functional groups attached to an aromatic ring is 1. The standard InChI is InChI=1S/C15H24N4O.3ClH/c1-12(19-9-7-18(2)8-10-19)11-17-15(20)13-5-3-4-6-14(13)16;;;/h3-6,12H,7-11,16H2,1-2H3,(H,17,20);3*1H. The van der Waals surface area contributed by atoms with Gasteiger partial charge in [0.2, 0.25) is 0 Å². The lowest BCUT2D eigenvalue weighted by Crippen LogP contribution is -2.51. The van der Waals surface area contributed by atoms with Gasteiger partial charge >= 0.3 is 0 Å². The molecule has 1 saturated heterocycles. The number of carbonyl (C=O) groups is 1. The second-order valence-electron chi connectivity index (χ2n) is 5.49. The number of nitrogens with two attached hydrogens (primary N) is 1. The van der Waals surface area contributed by atoms with E-state index in [4.69, 9.17) is 5.73 Å². The molecule has 1 unspecified atom stereocenters. The van der Waals surface area contributed by atoms with Crippen molar-refractivity contribution in [1.29, 1.82) is 0 Å². The fraction of sp³-hybridized carbons (Fsp3) is 0.533. The fourth-order valence-electron chi connectivity index (χ4n) is 2.43. The molecular weight excluding hydrogens is 359 g/mol. The van der Waals surface area contributed by atoms with Crippen LogP contribution < -0.4 is 11.1 Å². The second kappa shape index (κ2) is 11.8. The summed E-state index contributed by atoms with van der Waals surface area (Å²) in [5.74, 6) is -0.0934. The van der Waals surface area contributed by atoms with Gasteiger partial charge in [-0.3, -0.25) is 9.69 Å². The fourth-order valence-corrected chi connectivity index (χ4v) is 2.43. The van der Waals surface area contributed by atoms with Gasteiger partial charge in [0.05, 0.1) is 5.56 Å². The number of amides is 1. The summed E-state index contributed by atoms with van der Waals surface area (Å²) in [6, 6.07) is 7.51. The molecule has 0 spiro atoms. The van der Waals surface area contributed by atoms with Crippen LogP contribution in [0.15, 0.2) is 24.3 Å². The summed E-state index contributed by atoms with van der Waals surface area (Å²) < 4.78 is 0. The number of likely N-dealkylation sites (N-methyl/N-ethyl adjacent to an activating group) is 1. The van der Waals surface area contributed by atoms with Crippen LogP contribution in [0.2, 0.25) is 0 Å². The molecule has 2 rings (SSSR count). The van der Waals surface area contributed by atoms with Crippen molar-refractivity contribution in [2.45, 2.75) is 13.0 Å². The zero-order valence-electron chi connectivity index (χ0n) is 13.5. The molecule has 0 aliphatic carbocycles. The van der Waals surface area contributed by atoms with Crippen molar-refractivity contribution in [1.82, 2.24) is 15.1 Å². The van der Waals surface area contributed by atoms with Gasteiger partial charge in [0, 0.05) is 44.5 Å². The number of para-hydroxylation sites is 1. The highest BCUT2D eigenvalue weighted by atomic mass is 35.5. The number of benzene rings is 1. The first-order valence-electron chi connectivity index (χ1n) is 7.13. The van der Waals surface area contributed by atoms with Gasteiger partial charge in [-0.15, -0.1) is 37.2 Å². The number of hydrogen-bond donors (Lipinski definition) is 2. The molecule has 1 heterocycles. The molecule has 1 aromatic rings. The van der Waals surface area contributed by atoms with Crippen LogP contribution in [0.3, 0.4) is 0 Å². The van der Waals surface area contributed by atoms with E-state index in [0.29, 0.717) is 23.8 Å². The molecule has 1 amide bonds. The molecule has 1 fully saturated rings. The van der Waals surface area contributed by atoms with E-state index in [1.54, 1.807) is 12.1 Å². The first-order valence-corrected chi connectivity index (χ1v) is 7.13. The van der Waals surface area contributed by atoms with Crippen LogP contribution in [0.1, 0.15) is 17.3 Å². The number of halogens is 3. The minimum atomic E-state index is -0.0934. The van der Waals surface area contributed by atoms with E-state index in [-0.39, 0.29) is 43.1 Å². The lowest BCUT2D eigenvalue weighted by atomic mass is 10.1. The molecular formula is C15H27Cl3N4O. The number of anilines is 1. The molecule has 23 heavy (non-hydrogen) atoms. The largest absolute Gasteiger partial charge is 0.398 e. The summed E-state index contributed by atoms with van der Waals surface area (Å²) in [5.41, 5.74) is 6.89. The third kappa shape index (κ3) is 7.14. The van der Waals surface area contributed by atoms with E-state index in [1.165, 1.54) is 0 Å². The first kappa shape index (κ1) is 24.5. The zero-order chi connectivity index (χ0) is 14.5. The molecule has 0 radical (unpaired) electrons. The summed E-state index contributed by atoms with van der Waals surface area (Å²) in [7, 11) is 2.14. The Morgan fingerprint density at radius 1 is 1.17 bits per heavy atom. The number of carbonyl (C=O) groups excluding carboxylic acids is 1. The van der Waals surface area contributed by atoms with Crippen LogP contribution in [-0.4, -0.2) is 61.5 Å². The van der Waals surface area contributed by atoms with E-state index in [0.717, 1.165) is 26.2 Å². The van der Waals surface area contributed by atoms with Gasteiger partial charge in [-0.25, -0.2) is 0 Å². The molecule has 134 valence electrons. The Kier molecular flexibility index (Phi) is 12.5. The summed E-state index contributed by atoms with van der Waals surface area (Å²) in [4.78, 5) is 16.8. The highest BCUT2D eigenvalue weighted by Crippen LogP contribution is 2.10. The maximum Gasteiger partial charge on any atom is 0.253 e.